The lowest BCUT2D eigenvalue weighted by Gasteiger charge is -2.20. The molecule has 9 heteroatoms. The molecule has 2 aromatic carbocycles. The van der Waals surface area contributed by atoms with Crippen LogP contribution in [0.25, 0.3) is 6.08 Å². The molecule has 0 heterocycles. The lowest BCUT2D eigenvalue weighted by molar-refractivity contribution is -0.118. The molecular formula is C24H28BN3O5. The number of hydrogen-bond donors (Lipinski definition) is 4. The molecule has 1 atom stereocenters. The molecule has 0 aliphatic heterocycles. The number of amides is 2. The van der Waals surface area contributed by atoms with Crippen molar-refractivity contribution in [2.24, 2.45) is 0 Å². The van der Waals surface area contributed by atoms with Crippen LogP contribution in [0.4, 0.5) is 4.79 Å². The molecule has 0 bridgehead atoms. The largest absolute Gasteiger partial charge is 0.453 e. The minimum atomic E-state index is -1.59. The first-order chi connectivity index (χ1) is 15.6. The van der Waals surface area contributed by atoms with Crippen molar-refractivity contribution in [3.8, 4) is 6.07 Å². The summed E-state index contributed by atoms with van der Waals surface area (Å²) in [6.45, 7) is 5.43. The highest BCUT2D eigenvalue weighted by atomic mass is 16.5. The summed E-state index contributed by atoms with van der Waals surface area (Å²) in [5.41, 5.74) is 1.48. The van der Waals surface area contributed by atoms with Crippen LogP contribution in [0.3, 0.4) is 0 Å². The van der Waals surface area contributed by atoms with E-state index in [1.165, 1.54) is 6.08 Å². The highest BCUT2D eigenvalue weighted by Gasteiger charge is 2.21. The molecule has 2 aromatic rings. The summed E-state index contributed by atoms with van der Waals surface area (Å²) in [5, 5.41) is 33.4. The van der Waals surface area contributed by atoms with Crippen LogP contribution < -0.4 is 10.6 Å². The van der Waals surface area contributed by atoms with Gasteiger partial charge in [-0.15, -0.1) is 0 Å². The van der Waals surface area contributed by atoms with Crippen LogP contribution in [-0.2, 0) is 16.1 Å². The fourth-order valence-electron chi connectivity index (χ4n) is 3.00. The Labute approximate surface area is 194 Å². The monoisotopic (exact) mass is 449 g/mol. The van der Waals surface area contributed by atoms with Crippen LogP contribution in [-0.4, -0.2) is 34.7 Å². The average molecular weight is 449 g/mol. The van der Waals surface area contributed by atoms with E-state index in [9.17, 15) is 24.9 Å². The summed E-state index contributed by atoms with van der Waals surface area (Å²) in [6, 6.07) is 17.1. The molecule has 0 fully saturated rings. The Bertz CT molecular complexity index is 1030. The van der Waals surface area contributed by atoms with Gasteiger partial charge < -0.3 is 25.4 Å². The minimum Gasteiger partial charge on any atom is -0.445 e. The van der Waals surface area contributed by atoms with Gasteiger partial charge >= 0.3 is 13.2 Å². The Morgan fingerprint density at radius 1 is 1.15 bits per heavy atom. The summed E-state index contributed by atoms with van der Waals surface area (Å²) < 4.78 is 5.28. The van der Waals surface area contributed by atoms with E-state index in [2.05, 4.69) is 10.6 Å². The van der Waals surface area contributed by atoms with Crippen molar-refractivity contribution < 1.29 is 24.4 Å². The summed E-state index contributed by atoms with van der Waals surface area (Å²) in [4.78, 5) is 24.6. The number of rotatable bonds is 8. The lowest BCUT2D eigenvalue weighted by atomic mass is 9.79. The van der Waals surface area contributed by atoms with Crippen molar-refractivity contribution in [2.45, 2.75) is 45.3 Å². The quantitative estimate of drug-likeness (QED) is 0.278. The SMILES string of the molecule is CC(C)(C)NC(=O)C(C#N)=Cc1cccc(COC(=O)N[C@@H](CB(O)O)c2ccccc2)c1. The van der Waals surface area contributed by atoms with Crippen molar-refractivity contribution in [2.75, 3.05) is 0 Å². The summed E-state index contributed by atoms with van der Waals surface area (Å²) in [6.07, 6.45) is 0.666. The zero-order chi connectivity index (χ0) is 24.4. The first-order valence-corrected chi connectivity index (χ1v) is 10.4. The number of benzene rings is 2. The van der Waals surface area contributed by atoms with Crippen LogP contribution in [0.1, 0.15) is 43.5 Å². The van der Waals surface area contributed by atoms with Crippen molar-refractivity contribution in [3.05, 3.63) is 76.9 Å². The van der Waals surface area contributed by atoms with Crippen LogP contribution in [0, 0.1) is 11.3 Å². The molecule has 0 aliphatic rings. The maximum Gasteiger partial charge on any atom is 0.453 e. The molecule has 8 nitrogen and oxygen atoms in total. The normalized spacial score (nSPS) is 12.3. The summed E-state index contributed by atoms with van der Waals surface area (Å²) >= 11 is 0. The third-order valence-corrected chi connectivity index (χ3v) is 4.43. The van der Waals surface area contributed by atoms with Crippen LogP contribution in [0.2, 0.25) is 6.32 Å². The van der Waals surface area contributed by atoms with Gasteiger partial charge in [-0.25, -0.2) is 4.79 Å². The summed E-state index contributed by atoms with van der Waals surface area (Å²) in [5.74, 6) is -0.468. The van der Waals surface area contributed by atoms with E-state index in [0.29, 0.717) is 16.7 Å². The number of ether oxygens (including phenoxy) is 1. The number of nitrogens with one attached hydrogen (secondary N) is 2. The second-order valence-electron chi connectivity index (χ2n) is 8.52. The molecule has 2 rings (SSSR count). The van der Waals surface area contributed by atoms with Gasteiger partial charge in [0.05, 0.1) is 6.04 Å². The van der Waals surface area contributed by atoms with Crippen LogP contribution in [0.15, 0.2) is 60.2 Å². The number of nitriles is 1. The van der Waals surface area contributed by atoms with E-state index < -0.39 is 30.7 Å². The van der Waals surface area contributed by atoms with E-state index >= 15 is 0 Å². The Balaban J connectivity index is 2.04. The third-order valence-electron chi connectivity index (χ3n) is 4.43. The van der Waals surface area contributed by atoms with Gasteiger partial charge in [0.1, 0.15) is 18.2 Å². The van der Waals surface area contributed by atoms with Crippen LogP contribution in [0.5, 0.6) is 0 Å². The molecule has 0 aromatic heterocycles. The van der Waals surface area contributed by atoms with Gasteiger partial charge in [-0.05, 0) is 49.6 Å². The highest BCUT2D eigenvalue weighted by Crippen LogP contribution is 2.18. The Morgan fingerprint density at radius 2 is 1.85 bits per heavy atom. The zero-order valence-corrected chi connectivity index (χ0v) is 18.9. The van der Waals surface area contributed by atoms with Crippen LogP contribution >= 0.6 is 0 Å². The molecule has 2 amide bonds. The number of carbonyl (C=O) groups excluding carboxylic acids is 2. The van der Waals surface area contributed by atoms with Gasteiger partial charge in [0.2, 0.25) is 0 Å². The zero-order valence-electron chi connectivity index (χ0n) is 18.9. The third kappa shape index (κ3) is 9.19. The molecule has 33 heavy (non-hydrogen) atoms. The maximum absolute atomic E-state index is 12.3. The van der Waals surface area contributed by atoms with Crippen molar-refractivity contribution in [3.63, 3.8) is 0 Å². The lowest BCUT2D eigenvalue weighted by Crippen LogP contribution is -2.41. The van der Waals surface area contributed by atoms with Crippen molar-refractivity contribution >= 4 is 25.2 Å². The predicted octanol–water partition coefficient (Wildman–Crippen LogP) is 2.95. The van der Waals surface area contributed by atoms with Gasteiger partial charge in [-0.3, -0.25) is 4.79 Å². The molecule has 0 radical (unpaired) electrons. The summed E-state index contributed by atoms with van der Waals surface area (Å²) in [7, 11) is -1.59. The fourth-order valence-corrected chi connectivity index (χ4v) is 3.00. The Hall–Kier alpha value is -3.61. The Kier molecular flexibility index (Phi) is 9.22. The average Bonchev–Trinajstić information content (AvgIpc) is 2.75. The van der Waals surface area contributed by atoms with E-state index in [0.717, 1.165) is 0 Å². The molecule has 0 saturated heterocycles. The minimum absolute atomic E-state index is 0.0333. The molecule has 0 aliphatic carbocycles. The standard InChI is InChI=1S/C24H28BN3O5/c1-24(2,3)28-22(29)20(15-26)13-17-8-7-9-18(12-17)16-33-23(30)27-21(14-25(31)32)19-10-5-4-6-11-19/h4-13,21,31-32H,14,16H2,1-3H3,(H,27,30)(H,28,29)/t21-/m0/s1. The number of hydrogen-bond acceptors (Lipinski definition) is 6. The molecular weight excluding hydrogens is 421 g/mol. The van der Waals surface area contributed by atoms with E-state index in [1.807, 2.05) is 32.9 Å². The van der Waals surface area contributed by atoms with E-state index in [-0.39, 0.29) is 18.5 Å². The van der Waals surface area contributed by atoms with Crippen molar-refractivity contribution in [1.82, 2.24) is 10.6 Å². The number of nitrogens with zero attached hydrogens (tertiary/aromatic N) is 1. The second-order valence-corrected chi connectivity index (χ2v) is 8.52. The molecule has 0 spiro atoms. The maximum atomic E-state index is 12.3. The van der Waals surface area contributed by atoms with Crippen molar-refractivity contribution in [1.29, 1.82) is 5.26 Å². The van der Waals surface area contributed by atoms with E-state index in [4.69, 9.17) is 4.74 Å². The molecule has 0 saturated carbocycles. The number of alkyl carbamates (subject to hydrolysis) is 1. The second kappa shape index (κ2) is 11.9. The Morgan fingerprint density at radius 3 is 2.45 bits per heavy atom. The molecule has 4 N–H and O–H groups in total. The fraction of sp³-hybridized carbons (Fsp3) is 0.292. The first-order valence-electron chi connectivity index (χ1n) is 10.4. The first kappa shape index (κ1) is 25.7. The smallest absolute Gasteiger partial charge is 0.445 e. The van der Waals surface area contributed by atoms with Gasteiger partial charge in [-0.2, -0.15) is 5.26 Å². The van der Waals surface area contributed by atoms with Gasteiger partial charge in [0, 0.05) is 11.9 Å². The number of carbonyl (C=O) groups is 2. The molecule has 172 valence electrons. The predicted molar refractivity (Wildman–Crippen MR) is 125 cm³/mol. The highest BCUT2D eigenvalue weighted by molar-refractivity contribution is 6.41. The topological polar surface area (TPSA) is 132 Å². The van der Waals surface area contributed by atoms with Gasteiger partial charge in [0.25, 0.3) is 5.91 Å². The molecule has 0 unspecified atom stereocenters. The van der Waals surface area contributed by atoms with Gasteiger partial charge in [0.15, 0.2) is 0 Å². The van der Waals surface area contributed by atoms with E-state index in [1.54, 1.807) is 48.5 Å². The van der Waals surface area contributed by atoms with Gasteiger partial charge in [-0.1, -0.05) is 48.5 Å².